The number of amides is 2. The smallest absolute Gasteiger partial charge is 0.410 e. The van der Waals surface area contributed by atoms with Crippen molar-refractivity contribution < 1.29 is 14.3 Å². The number of aryl methyl sites for hydroxylation is 1. The van der Waals surface area contributed by atoms with E-state index in [2.05, 4.69) is 22.4 Å². The van der Waals surface area contributed by atoms with Gasteiger partial charge in [0, 0.05) is 29.6 Å². The van der Waals surface area contributed by atoms with Crippen LogP contribution in [0.5, 0.6) is 0 Å². The molecule has 1 aliphatic carbocycles. The molecule has 2 aromatic carbocycles. The van der Waals surface area contributed by atoms with Crippen molar-refractivity contribution in [1.29, 1.82) is 0 Å². The Labute approximate surface area is 204 Å². The average Bonchev–Trinajstić information content (AvgIpc) is 3.40. The number of rotatable bonds is 6. The Bertz CT molecular complexity index is 1170. The van der Waals surface area contributed by atoms with Crippen LogP contribution in [0.4, 0.5) is 15.6 Å². The highest BCUT2D eigenvalue weighted by atomic mass is 32.1. The Morgan fingerprint density at radius 1 is 1.18 bits per heavy atom. The van der Waals surface area contributed by atoms with Crippen molar-refractivity contribution in [2.24, 2.45) is 0 Å². The summed E-state index contributed by atoms with van der Waals surface area (Å²) < 4.78 is 5.68. The molecular weight excluding hydrogens is 448 g/mol. The van der Waals surface area contributed by atoms with E-state index in [4.69, 9.17) is 10.5 Å². The van der Waals surface area contributed by atoms with Crippen molar-refractivity contribution in [2.75, 3.05) is 17.6 Å². The average molecular weight is 479 g/mol. The lowest BCUT2D eigenvalue weighted by Crippen LogP contribution is -2.40. The van der Waals surface area contributed by atoms with E-state index in [1.165, 1.54) is 16.9 Å². The number of hydrogen-bond donors (Lipinski definition) is 2. The molecule has 2 amide bonds. The van der Waals surface area contributed by atoms with E-state index in [1.807, 2.05) is 62.5 Å². The SMILES string of the molecule is CC(C)(C)OC(=O)N(CCC(=O)Nc1ccc(-c2csc(N)n2)cc1)C1CCc2ccccc21. The summed E-state index contributed by atoms with van der Waals surface area (Å²) >= 11 is 1.39. The molecule has 8 heteroatoms. The Morgan fingerprint density at radius 2 is 1.91 bits per heavy atom. The zero-order valence-corrected chi connectivity index (χ0v) is 20.5. The number of ether oxygens (including phenoxy) is 1. The van der Waals surface area contributed by atoms with Crippen LogP contribution in [0.3, 0.4) is 0 Å². The molecule has 178 valence electrons. The van der Waals surface area contributed by atoms with Gasteiger partial charge < -0.3 is 20.7 Å². The van der Waals surface area contributed by atoms with Crippen LogP contribution in [0.25, 0.3) is 11.3 Å². The molecule has 0 fully saturated rings. The summed E-state index contributed by atoms with van der Waals surface area (Å²) in [5.74, 6) is -0.162. The highest BCUT2D eigenvalue weighted by Crippen LogP contribution is 2.36. The van der Waals surface area contributed by atoms with Crippen molar-refractivity contribution in [3.05, 3.63) is 65.0 Å². The first-order valence-corrected chi connectivity index (χ1v) is 12.3. The van der Waals surface area contributed by atoms with Gasteiger partial charge in [-0.15, -0.1) is 11.3 Å². The molecule has 4 rings (SSSR count). The minimum Gasteiger partial charge on any atom is -0.444 e. The van der Waals surface area contributed by atoms with Crippen LogP contribution in [-0.2, 0) is 16.0 Å². The van der Waals surface area contributed by atoms with Gasteiger partial charge in [-0.3, -0.25) is 4.79 Å². The second-order valence-electron chi connectivity index (χ2n) is 9.37. The Hall–Kier alpha value is -3.39. The highest BCUT2D eigenvalue weighted by molar-refractivity contribution is 7.13. The molecule has 1 aliphatic rings. The molecule has 34 heavy (non-hydrogen) atoms. The summed E-state index contributed by atoms with van der Waals surface area (Å²) in [4.78, 5) is 31.8. The monoisotopic (exact) mass is 478 g/mol. The summed E-state index contributed by atoms with van der Waals surface area (Å²) in [5, 5.41) is 5.34. The van der Waals surface area contributed by atoms with Gasteiger partial charge in [0.25, 0.3) is 0 Å². The lowest BCUT2D eigenvalue weighted by atomic mass is 10.1. The second-order valence-corrected chi connectivity index (χ2v) is 10.3. The quantitative estimate of drug-likeness (QED) is 0.477. The van der Waals surface area contributed by atoms with Crippen molar-refractivity contribution in [1.82, 2.24) is 9.88 Å². The predicted molar refractivity (Wildman–Crippen MR) is 136 cm³/mol. The summed E-state index contributed by atoms with van der Waals surface area (Å²) in [6.07, 6.45) is 1.50. The molecule has 1 aromatic heterocycles. The van der Waals surface area contributed by atoms with Crippen LogP contribution in [0.15, 0.2) is 53.9 Å². The van der Waals surface area contributed by atoms with E-state index in [-0.39, 0.29) is 24.9 Å². The molecule has 3 aromatic rings. The number of nitrogen functional groups attached to an aromatic ring is 1. The van der Waals surface area contributed by atoms with Crippen LogP contribution in [0.2, 0.25) is 0 Å². The van der Waals surface area contributed by atoms with E-state index >= 15 is 0 Å². The van der Waals surface area contributed by atoms with Crippen molar-refractivity contribution >= 4 is 34.2 Å². The van der Waals surface area contributed by atoms with E-state index in [1.54, 1.807) is 4.90 Å². The van der Waals surface area contributed by atoms with E-state index in [0.29, 0.717) is 10.8 Å². The molecule has 0 aliphatic heterocycles. The van der Waals surface area contributed by atoms with E-state index in [9.17, 15) is 9.59 Å². The molecule has 1 atom stereocenters. The van der Waals surface area contributed by atoms with Crippen LogP contribution in [0, 0.1) is 0 Å². The number of aromatic nitrogens is 1. The third kappa shape index (κ3) is 5.75. The van der Waals surface area contributed by atoms with E-state index in [0.717, 1.165) is 29.7 Å². The first kappa shape index (κ1) is 23.8. The molecular formula is C26H30N4O3S. The van der Waals surface area contributed by atoms with Gasteiger partial charge in [-0.05, 0) is 56.9 Å². The number of benzene rings is 2. The summed E-state index contributed by atoms with van der Waals surface area (Å²) in [6, 6.07) is 15.5. The number of nitrogens with two attached hydrogens (primary N) is 1. The number of fused-ring (bicyclic) bond motifs is 1. The van der Waals surface area contributed by atoms with Crippen LogP contribution < -0.4 is 11.1 Å². The summed E-state index contributed by atoms with van der Waals surface area (Å²) in [7, 11) is 0. The van der Waals surface area contributed by atoms with Crippen molar-refractivity contribution in [2.45, 2.75) is 51.7 Å². The zero-order chi connectivity index (χ0) is 24.3. The largest absolute Gasteiger partial charge is 0.444 e. The lowest BCUT2D eigenvalue weighted by Gasteiger charge is -2.32. The van der Waals surface area contributed by atoms with Gasteiger partial charge >= 0.3 is 6.09 Å². The maximum atomic E-state index is 13.1. The van der Waals surface area contributed by atoms with Gasteiger partial charge in [-0.1, -0.05) is 36.4 Å². The number of carbonyl (C=O) groups excluding carboxylic acids is 2. The van der Waals surface area contributed by atoms with Gasteiger partial charge in [0.1, 0.15) is 5.60 Å². The third-order valence-electron chi connectivity index (χ3n) is 5.67. The number of hydrogen-bond acceptors (Lipinski definition) is 6. The number of nitrogens with one attached hydrogen (secondary N) is 1. The predicted octanol–water partition coefficient (Wildman–Crippen LogP) is 5.65. The van der Waals surface area contributed by atoms with E-state index < -0.39 is 11.7 Å². The molecule has 1 heterocycles. The van der Waals surface area contributed by atoms with Gasteiger partial charge in [0.2, 0.25) is 5.91 Å². The third-order valence-corrected chi connectivity index (χ3v) is 6.35. The summed E-state index contributed by atoms with van der Waals surface area (Å²) in [5.41, 5.74) is 9.90. The Kier molecular flexibility index (Phi) is 6.88. The maximum Gasteiger partial charge on any atom is 0.410 e. The fourth-order valence-electron chi connectivity index (χ4n) is 4.14. The minimum absolute atomic E-state index is 0.0938. The van der Waals surface area contributed by atoms with Gasteiger partial charge in [0.15, 0.2) is 5.13 Å². The lowest BCUT2D eigenvalue weighted by molar-refractivity contribution is -0.116. The highest BCUT2D eigenvalue weighted by Gasteiger charge is 2.33. The van der Waals surface area contributed by atoms with Gasteiger partial charge in [0.05, 0.1) is 11.7 Å². The second kappa shape index (κ2) is 9.85. The molecule has 0 bridgehead atoms. The van der Waals surface area contributed by atoms with Crippen molar-refractivity contribution in [3.63, 3.8) is 0 Å². The molecule has 3 N–H and O–H groups in total. The number of carbonyl (C=O) groups is 2. The Morgan fingerprint density at radius 3 is 2.59 bits per heavy atom. The minimum atomic E-state index is -0.612. The van der Waals surface area contributed by atoms with Crippen LogP contribution in [0.1, 0.15) is 50.8 Å². The first-order chi connectivity index (χ1) is 16.2. The van der Waals surface area contributed by atoms with Crippen molar-refractivity contribution in [3.8, 4) is 11.3 Å². The molecule has 1 unspecified atom stereocenters. The molecule has 0 radical (unpaired) electrons. The molecule has 0 saturated carbocycles. The maximum absolute atomic E-state index is 13.1. The fourth-order valence-corrected chi connectivity index (χ4v) is 4.72. The number of nitrogens with zero attached hydrogens (tertiary/aromatic N) is 2. The van der Waals surface area contributed by atoms with Crippen LogP contribution in [-0.4, -0.2) is 34.0 Å². The van der Waals surface area contributed by atoms with Gasteiger partial charge in [-0.2, -0.15) is 0 Å². The Balaban J connectivity index is 1.41. The molecule has 0 saturated heterocycles. The van der Waals surface area contributed by atoms with Gasteiger partial charge in [-0.25, -0.2) is 9.78 Å². The number of anilines is 2. The first-order valence-electron chi connectivity index (χ1n) is 11.4. The van der Waals surface area contributed by atoms with Crippen LogP contribution >= 0.6 is 11.3 Å². The zero-order valence-electron chi connectivity index (χ0n) is 19.7. The fraction of sp³-hybridized carbons (Fsp3) is 0.346. The normalized spacial score (nSPS) is 15.0. The molecule has 7 nitrogen and oxygen atoms in total. The number of thiazole rings is 1. The summed E-state index contributed by atoms with van der Waals surface area (Å²) in [6.45, 7) is 5.82. The topological polar surface area (TPSA) is 97.5 Å². The molecule has 0 spiro atoms. The standard InChI is InChI=1S/C26H30N4O3S/c1-26(2,3)33-25(32)30(22-13-10-17-6-4-5-7-20(17)22)15-14-23(31)28-19-11-8-18(9-12-19)21-16-34-24(27)29-21/h4-9,11-12,16,22H,10,13-15H2,1-3H3,(H2,27,29)(H,28,31).